The average Bonchev–Trinajstić information content (AvgIpc) is 3.31. The van der Waals surface area contributed by atoms with E-state index in [1.54, 1.807) is 0 Å². The van der Waals surface area contributed by atoms with Crippen molar-refractivity contribution in [2.45, 2.75) is 252 Å². The average molecular weight is 917 g/mol. The highest BCUT2D eigenvalue weighted by molar-refractivity contribution is 5.71. The van der Waals surface area contributed by atoms with Gasteiger partial charge in [-0.25, -0.2) is 0 Å². The highest BCUT2D eigenvalue weighted by Crippen LogP contribution is 2.14. The van der Waals surface area contributed by atoms with Crippen LogP contribution in [-0.4, -0.2) is 37.2 Å². The Balaban J connectivity index is 4.48. The minimum atomic E-state index is -0.805. The molecule has 0 aromatic carbocycles. The van der Waals surface area contributed by atoms with Gasteiger partial charge in [-0.2, -0.15) is 0 Å². The van der Waals surface area contributed by atoms with Crippen LogP contribution < -0.4 is 0 Å². The number of carbonyl (C=O) groups is 3. The normalized spacial score (nSPS) is 12.8. The fraction of sp³-hybridized carbons (Fsp3) is 0.683. The molecule has 0 saturated carbocycles. The Kier molecular flexibility index (Phi) is 50.9. The van der Waals surface area contributed by atoms with Crippen molar-refractivity contribution in [3.8, 4) is 0 Å². The van der Waals surface area contributed by atoms with Crippen LogP contribution in [0.2, 0.25) is 0 Å². The van der Waals surface area contributed by atoms with Crippen molar-refractivity contribution in [1.29, 1.82) is 0 Å². The quantitative estimate of drug-likeness (QED) is 0.0199. The molecule has 6 nitrogen and oxygen atoms in total. The van der Waals surface area contributed by atoms with E-state index in [1.807, 2.05) is 0 Å². The minimum absolute atomic E-state index is 0.101. The first-order chi connectivity index (χ1) is 32.5. The summed E-state index contributed by atoms with van der Waals surface area (Å²) in [5, 5.41) is 0. The fourth-order valence-electron chi connectivity index (χ4n) is 7.28. The second-order valence-electron chi connectivity index (χ2n) is 17.8. The van der Waals surface area contributed by atoms with Crippen molar-refractivity contribution in [3.63, 3.8) is 0 Å². The van der Waals surface area contributed by atoms with E-state index in [-0.39, 0.29) is 37.5 Å². The van der Waals surface area contributed by atoms with Crippen LogP contribution in [0.4, 0.5) is 0 Å². The van der Waals surface area contributed by atoms with E-state index in [0.29, 0.717) is 12.8 Å². The number of ether oxygens (including phenoxy) is 3. The summed E-state index contributed by atoms with van der Waals surface area (Å²) in [4.78, 5) is 38.1. The molecule has 0 amide bonds. The van der Waals surface area contributed by atoms with Gasteiger partial charge in [0.2, 0.25) is 0 Å². The summed E-state index contributed by atoms with van der Waals surface area (Å²) in [6.45, 7) is 6.37. The Morgan fingerprint density at radius 1 is 0.333 bits per heavy atom. The number of rotatable bonds is 48. The second-order valence-corrected chi connectivity index (χ2v) is 17.8. The van der Waals surface area contributed by atoms with Gasteiger partial charge in [0.15, 0.2) is 6.10 Å². The highest BCUT2D eigenvalue weighted by atomic mass is 16.6. The van der Waals surface area contributed by atoms with Crippen LogP contribution in [0.25, 0.3) is 0 Å². The molecule has 0 aliphatic heterocycles. The summed E-state index contributed by atoms with van der Waals surface area (Å²) in [7, 11) is 0. The molecule has 0 rings (SSSR count). The molecule has 0 spiro atoms. The lowest BCUT2D eigenvalue weighted by molar-refractivity contribution is -0.167. The van der Waals surface area contributed by atoms with E-state index >= 15 is 0 Å². The first-order valence-corrected chi connectivity index (χ1v) is 27.3. The Labute approximate surface area is 407 Å². The third kappa shape index (κ3) is 51.3. The Morgan fingerprint density at radius 2 is 0.636 bits per heavy atom. The molecule has 6 heteroatoms. The zero-order valence-corrected chi connectivity index (χ0v) is 42.9. The molecule has 376 valence electrons. The minimum Gasteiger partial charge on any atom is -0.462 e. The number of carbonyl (C=O) groups excluding carboxylic acids is 3. The molecule has 0 heterocycles. The van der Waals surface area contributed by atoms with Crippen molar-refractivity contribution in [1.82, 2.24) is 0 Å². The molecular weight excluding hydrogens is 817 g/mol. The summed E-state index contributed by atoms with van der Waals surface area (Å²) < 4.78 is 16.8. The predicted octanol–water partition coefficient (Wildman–Crippen LogP) is 18.1. The standard InChI is InChI=1S/C60H100O6/c1-4-7-10-13-16-19-22-25-28-30-31-33-35-38-41-44-47-50-53-59(62)65-56-57(55-64-58(61)52-49-46-43-40-37-34-27-24-21-18-15-12-9-6-3)66-60(63)54-51-48-45-42-39-36-32-29-26-23-20-17-14-11-8-5-2/h8-9,11-12,17-18,20-21,26,28-31,33,36,39,57H,4-7,10,13-16,19,22-25,27,32,34-35,37-38,40-56H2,1-3H3/b11-8-,12-9-,20-17-,21-18-,29-26-,30-28-,33-31-,39-36-. The van der Waals surface area contributed by atoms with Crippen LogP contribution in [0.5, 0.6) is 0 Å². The summed E-state index contributed by atoms with van der Waals surface area (Å²) in [6, 6.07) is 0. The molecule has 0 radical (unpaired) electrons. The van der Waals surface area contributed by atoms with E-state index < -0.39 is 6.10 Å². The second kappa shape index (κ2) is 53.9. The van der Waals surface area contributed by atoms with Crippen LogP contribution in [0.15, 0.2) is 97.2 Å². The molecule has 0 fully saturated rings. The number of hydrogen-bond donors (Lipinski definition) is 0. The van der Waals surface area contributed by atoms with Crippen LogP contribution in [0, 0.1) is 0 Å². The summed E-state index contributed by atoms with van der Waals surface area (Å²) >= 11 is 0. The number of unbranched alkanes of at least 4 members (excludes halogenated alkanes) is 22. The smallest absolute Gasteiger partial charge is 0.306 e. The van der Waals surface area contributed by atoms with Crippen molar-refractivity contribution in [3.05, 3.63) is 97.2 Å². The summed E-state index contributed by atoms with van der Waals surface area (Å²) in [5.74, 6) is -0.956. The van der Waals surface area contributed by atoms with Crippen molar-refractivity contribution >= 4 is 17.9 Å². The summed E-state index contributed by atoms with van der Waals surface area (Å²) in [5.41, 5.74) is 0. The predicted molar refractivity (Wildman–Crippen MR) is 284 cm³/mol. The van der Waals surface area contributed by atoms with Gasteiger partial charge >= 0.3 is 17.9 Å². The first-order valence-electron chi connectivity index (χ1n) is 27.3. The Hall–Kier alpha value is -3.67. The van der Waals surface area contributed by atoms with Crippen LogP contribution in [0.3, 0.4) is 0 Å². The first kappa shape index (κ1) is 62.3. The lowest BCUT2D eigenvalue weighted by Crippen LogP contribution is -2.30. The van der Waals surface area contributed by atoms with Crippen LogP contribution in [0.1, 0.15) is 245 Å². The van der Waals surface area contributed by atoms with Crippen molar-refractivity contribution in [2.75, 3.05) is 13.2 Å². The maximum absolute atomic E-state index is 12.8. The lowest BCUT2D eigenvalue weighted by atomic mass is 10.1. The third-order valence-corrected chi connectivity index (χ3v) is 11.3. The van der Waals surface area contributed by atoms with E-state index in [1.165, 1.54) is 77.0 Å². The lowest BCUT2D eigenvalue weighted by Gasteiger charge is -2.18. The third-order valence-electron chi connectivity index (χ3n) is 11.3. The number of esters is 3. The van der Waals surface area contributed by atoms with Crippen molar-refractivity contribution < 1.29 is 28.6 Å². The summed E-state index contributed by atoms with van der Waals surface area (Å²) in [6.07, 6.45) is 71.1. The van der Waals surface area contributed by atoms with Gasteiger partial charge in [0.1, 0.15) is 13.2 Å². The van der Waals surface area contributed by atoms with Gasteiger partial charge < -0.3 is 14.2 Å². The molecule has 0 N–H and O–H groups in total. The largest absolute Gasteiger partial charge is 0.462 e. The number of allylic oxidation sites excluding steroid dienone is 16. The van der Waals surface area contributed by atoms with Gasteiger partial charge in [-0.1, -0.05) is 214 Å². The van der Waals surface area contributed by atoms with Gasteiger partial charge in [-0.05, 0) is 109 Å². The van der Waals surface area contributed by atoms with Gasteiger partial charge in [0.05, 0.1) is 0 Å². The molecular formula is C60H100O6. The molecule has 0 aliphatic rings. The topological polar surface area (TPSA) is 78.9 Å². The highest BCUT2D eigenvalue weighted by Gasteiger charge is 2.19. The maximum Gasteiger partial charge on any atom is 0.306 e. The number of hydrogen-bond acceptors (Lipinski definition) is 6. The van der Waals surface area contributed by atoms with Crippen molar-refractivity contribution in [2.24, 2.45) is 0 Å². The van der Waals surface area contributed by atoms with Gasteiger partial charge in [-0.3, -0.25) is 14.4 Å². The fourth-order valence-corrected chi connectivity index (χ4v) is 7.28. The van der Waals surface area contributed by atoms with E-state index in [4.69, 9.17) is 14.2 Å². The molecule has 1 unspecified atom stereocenters. The maximum atomic E-state index is 12.8. The molecule has 1 atom stereocenters. The van der Waals surface area contributed by atoms with Gasteiger partial charge in [0, 0.05) is 19.3 Å². The molecule has 0 aromatic heterocycles. The zero-order chi connectivity index (χ0) is 47.9. The van der Waals surface area contributed by atoms with E-state index in [2.05, 4.69) is 118 Å². The van der Waals surface area contributed by atoms with E-state index in [0.717, 1.165) is 128 Å². The Morgan fingerprint density at radius 3 is 1.03 bits per heavy atom. The van der Waals surface area contributed by atoms with Crippen LogP contribution in [-0.2, 0) is 28.6 Å². The zero-order valence-electron chi connectivity index (χ0n) is 42.9. The molecule has 0 bridgehead atoms. The monoisotopic (exact) mass is 917 g/mol. The van der Waals surface area contributed by atoms with Gasteiger partial charge in [0.25, 0.3) is 0 Å². The molecule has 0 aliphatic carbocycles. The molecule has 0 aromatic rings. The molecule has 66 heavy (non-hydrogen) atoms. The SMILES string of the molecule is CC/C=C\C/C=C\C/C=C\C/C=C\CCCCCC(=O)OC(COC(=O)CCCCCCC/C=C\C=C/CCCCCCCCC)COC(=O)CCCCCCCCC/C=C\C/C=C\CC. The van der Waals surface area contributed by atoms with Crippen LogP contribution >= 0.6 is 0 Å². The Bertz CT molecular complexity index is 1330. The molecule has 0 saturated heterocycles. The van der Waals surface area contributed by atoms with Gasteiger partial charge in [-0.15, -0.1) is 0 Å². The van der Waals surface area contributed by atoms with E-state index in [9.17, 15) is 14.4 Å².